The number of ether oxygens (including phenoxy) is 2. The largest absolute Gasteiger partial charge is 0.491 e. The lowest BCUT2D eigenvalue weighted by atomic mass is 10.0. The lowest BCUT2D eigenvalue weighted by Gasteiger charge is -2.18. The number of amides is 2. The highest BCUT2D eigenvalue weighted by molar-refractivity contribution is 5.95. The summed E-state index contributed by atoms with van der Waals surface area (Å²) in [6, 6.07) is 12.0. The monoisotopic (exact) mass is 449 g/mol. The molecule has 0 radical (unpaired) electrons. The smallest absolute Gasteiger partial charge is 0.321 e. The van der Waals surface area contributed by atoms with Crippen molar-refractivity contribution in [3.05, 3.63) is 65.2 Å². The first-order valence-electron chi connectivity index (χ1n) is 11.4. The van der Waals surface area contributed by atoms with Gasteiger partial charge in [0.2, 0.25) is 0 Å². The van der Waals surface area contributed by atoms with Crippen LogP contribution < -0.4 is 15.0 Å². The maximum atomic E-state index is 12.2. The Bertz CT molecular complexity index is 1120. The van der Waals surface area contributed by atoms with Crippen LogP contribution in [0.3, 0.4) is 0 Å². The van der Waals surface area contributed by atoms with Crippen molar-refractivity contribution in [1.82, 2.24) is 10.3 Å². The van der Waals surface area contributed by atoms with Crippen molar-refractivity contribution in [2.75, 3.05) is 24.6 Å². The van der Waals surface area contributed by atoms with Gasteiger partial charge in [-0.1, -0.05) is 18.2 Å². The molecule has 2 heterocycles. The van der Waals surface area contributed by atoms with Gasteiger partial charge in [0, 0.05) is 43.4 Å². The Balaban J connectivity index is 1.60. The molecular formula is C26H31N3O4. The van der Waals surface area contributed by atoms with E-state index in [0.29, 0.717) is 50.1 Å². The Labute approximate surface area is 194 Å². The summed E-state index contributed by atoms with van der Waals surface area (Å²) in [5, 5.41) is 2.84. The predicted octanol–water partition coefficient (Wildman–Crippen LogP) is 5.09. The minimum atomic E-state index is -0.108. The molecule has 0 unspecified atom stereocenters. The number of aryl methyl sites for hydroxylation is 1. The number of rotatable bonds is 9. The highest BCUT2D eigenvalue weighted by atomic mass is 16.5. The number of carbonyl (C=O) groups is 1. The number of oxazole rings is 1. The van der Waals surface area contributed by atoms with Gasteiger partial charge in [0.05, 0.1) is 18.9 Å². The molecule has 1 aromatic heterocycles. The van der Waals surface area contributed by atoms with E-state index in [-0.39, 0.29) is 12.1 Å². The van der Waals surface area contributed by atoms with Crippen molar-refractivity contribution in [1.29, 1.82) is 0 Å². The third kappa shape index (κ3) is 5.54. The van der Waals surface area contributed by atoms with E-state index in [0.717, 1.165) is 22.4 Å². The number of nitrogens with zero attached hydrogens (tertiary/aromatic N) is 2. The molecule has 3 aromatic rings. The summed E-state index contributed by atoms with van der Waals surface area (Å²) in [7, 11) is 0. The molecule has 1 aliphatic rings. The van der Waals surface area contributed by atoms with Crippen LogP contribution in [0.2, 0.25) is 0 Å². The van der Waals surface area contributed by atoms with Gasteiger partial charge in [-0.2, -0.15) is 0 Å². The summed E-state index contributed by atoms with van der Waals surface area (Å²) in [6.07, 6.45) is 2.34. The van der Waals surface area contributed by atoms with E-state index >= 15 is 0 Å². The van der Waals surface area contributed by atoms with Gasteiger partial charge in [-0.3, -0.25) is 4.90 Å². The second kappa shape index (κ2) is 10.1. The molecule has 0 atom stereocenters. The van der Waals surface area contributed by atoms with Crippen LogP contribution in [0.15, 0.2) is 47.0 Å². The number of carbonyl (C=O) groups excluding carboxylic acids is 1. The molecule has 2 amide bonds. The number of anilines is 1. The van der Waals surface area contributed by atoms with Crippen LogP contribution >= 0.6 is 0 Å². The second-order valence-corrected chi connectivity index (χ2v) is 8.46. The van der Waals surface area contributed by atoms with E-state index in [4.69, 9.17) is 13.9 Å². The van der Waals surface area contributed by atoms with Crippen LogP contribution in [0.5, 0.6) is 5.75 Å². The zero-order chi connectivity index (χ0) is 23.4. The van der Waals surface area contributed by atoms with E-state index in [1.165, 1.54) is 5.56 Å². The van der Waals surface area contributed by atoms with Crippen LogP contribution in [-0.4, -0.2) is 36.8 Å². The fourth-order valence-corrected chi connectivity index (χ4v) is 3.85. The van der Waals surface area contributed by atoms with Crippen molar-refractivity contribution in [2.45, 2.75) is 46.8 Å². The lowest BCUT2D eigenvalue weighted by molar-refractivity contribution is 0.134. The first kappa shape index (κ1) is 22.9. The number of benzene rings is 2. The SMILES string of the molecule is CCOCc1ccc(C)c(Cc2ncc(-c3cc(OC(C)C)cc(N4CCNC4=O)c3)o2)c1. The number of urea groups is 1. The predicted molar refractivity (Wildman–Crippen MR) is 128 cm³/mol. The summed E-state index contributed by atoms with van der Waals surface area (Å²) < 4.78 is 17.6. The fourth-order valence-electron chi connectivity index (χ4n) is 3.85. The quantitative estimate of drug-likeness (QED) is 0.492. The average molecular weight is 450 g/mol. The second-order valence-electron chi connectivity index (χ2n) is 8.46. The summed E-state index contributed by atoms with van der Waals surface area (Å²) >= 11 is 0. The third-order valence-electron chi connectivity index (χ3n) is 5.50. The van der Waals surface area contributed by atoms with E-state index in [1.807, 2.05) is 39.0 Å². The minimum absolute atomic E-state index is 0.0118. The van der Waals surface area contributed by atoms with Gasteiger partial charge in [0.15, 0.2) is 11.7 Å². The van der Waals surface area contributed by atoms with Gasteiger partial charge < -0.3 is 19.2 Å². The van der Waals surface area contributed by atoms with Crippen molar-refractivity contribution in [3.8, 4) is 17.1 Å². The van der Waals surface area contributed by atoms with E-state index in [9.17, 15) is 4.79 Å². The molecule has 174 valence electrons. The van der Waals surface area contributed by atoms with E-state index < -0.39 is 0 Å². The average Bonchev–Trinajstić information content (AvgIpc) is 3.42. The summed E-state index contributed by atoms with van der Waals surface area (Å²) in [6.45, 7) is 10.5. The minimum Gasteiger partial charge on any atom is -0.491 e. The maximum absolute atomic E-state index is 12.2. The molecule has 0 saturated carbocycles. The van der Waals surface area contributed by atoms with Crippen LogP contribution in [0.25, 0.3) is 11.3 Å². The van der Waals surface area contributed by atoms with Gasteiger partial charge in [0.1, 0.15) is 5.75 Å². The lowest BCUT2D eigenvalue weighted by Crippen LogP contribution is -2.27. The van der Waals surface area contributed by atoms with Crippen molar-refractivity contribution in [3.63, 3.8) is 0 Å². The normalized spacial score (nSPS) is 13.6. The number of nitrogens with one attached hydrogen (secondary N) is 1. The van der Waals surface area contributed by atoms with Gasteiger partial charge in [-0.25, -0.2) is 9.78 Å². The Morgan fingerprint density at radius 3 is 2.79 bits per heavy atom. The van der Waals surface area contributed by atoms with Gasteiger partial charge in [0.25, 0.3) is 0 Å². The highest BCUT2D eigenvalue weighted by Gasteiger charge is 2.23. The van der Waals surface area contributed by atoms with Gasteiger partial charge >= 0.3 is 6.03 Å². The summed E-state index contributed by atoms with van der Waals surface area (Å²) in [5.74, 6) is 1.97. The van der Waals surface area contributed by atoms with Gasteiger partial charge in [-0.05, 0) is 56.5 Å². The topological polar surface area (TPSA) is 76.8 Å². The molecular weight excluding hydrogens is 418 g/mol. The molecule has 1 fully saturated rings. The molecule has 1 saturated heterocycles. The first-order chi connectivity index (χ1) is 15.9. The van der Waals surface area contributed by atoms with Crippen molar-refractivity contribution < 1.29 is 18.7 Å². The van der Waals surface area contributed by atoms with Crippen molar-refractivity contribution >= 4 is 11.7 Å². The van der Waals surface area contributed by atoms with Crippen LogP contribution in [0, 0.1) is 6.92 Å². The molecule has 33 heavy (non-hydrogen) atoms. The standard InChI is InChI=1S/C26H31N3O4/c1-5-31-16-19-7-6-18(4)20(10-19)13-25-28-15-24(33-25)21-11-22(29-9-8-27-26(29)30)14-23(12-21)32-17(2)3/h6-7,10-12,14-15,17H,5,8-9,13,16H2,1-4H3,(H,27,30). The first-order valence-corrected chi connectivity index (χ1v) is 11.4. The molecule has 2 aromatic carbocycles. The molecule has 1 aliphatic heterocycles. The number of hydrogen-bond donors (Lipinski definition) is 1. The zero-order valence-electron chi connectivity index (χ0n) is 19.7. The Morgan fingerprint density at radius 2 is 2.06 bits per heavy atom. The number of aromatic nitrogens is 1. The number of hydrogen-bond acceptors (Lipinski definition) is 5. The molecule has 0 aliphatic carbocycles. The van der Waals surface area contributed by atoms with Gasteiger partial charge in [-0.15, -0.1) is 0 Å². The Morgan fingerprint density at radius 1 is 1.21 bits per heavy atom. The van der Waals surface area contributed by atoms with Crippen molar-refractivity contribution in [2.24, 2.45) is 0 Å². The summed E-state index contributed by atoms with van der Waals surface area (Å²) in [4.78, 5) is 18.4. The zero-order valence-corrected chi connectivity index (χ0v) is 19.7. The summed E-state index contributed by atoms with van der Waals surface area (Å²) in [5.41, 5.74) is 5.08. The third-order valence-corrected chi connectivity index (χ3v) is 5.50. The molecule has 7 heteroatoms. The van der Waals surface area contributed by atoms with Crippen LogP contribution in [0.1, 0.15) is 43.4 Å². The Hall–Kier alpha value is -3.32. The van der Waals surface area contributed by atoms with E-state index in [2.05, 4.69) is 35.4 Å². The molecule has 0 bridgehead atoms. The van der Waals surface area contributed by atoms with E-state index in [1.54, 1.807) is 11.1 Å². The fraction of sp³-hybridized carbons (Fsp3) is 0.385. The van der Waals surface area contributed by atoms with Crippen LogP contribution in [-0.2, 0) is 17.8 Å². The maximum Gasteiger partial charge on any atom is 0.321 e. The molecule has 0 spiro atoms. The highest BCUT2D eigenvalue weighted by Crippen LogP contribution is 2.32. The van der Waals surface area contributed by atoms with Crippen LogP contribution in [0.4, 0.5) is 10.5 Å². The molecule has 1 N–H and O–H groups in total. The molecule has 4 rings (SSSR count). The Kier molecular flexibility index (Phi) is 6.99. The molecule has 7 nitrogen and oxygen atoms in total.